The Morgan fingerprint density at radius 2 is 1.73 bits per heavy atom. The van der Waals surface area contributed by atoms with Crippen molar-refractivity contribution >= 4 is 11.5 Å². The molecule has 0 fully saturated rings. The van der Waals surface area contributed by atoms with Crippen LogP contribution in [0.3, 0.4) is 0 Å². The van der Waals surface area contributed by atoms with Gasteiger partial charge in [0.05, 0.1) is 6.61 Å². The van der Waals surface area contributed by atoms with E-state index in [9.17, 15) is 0 Å². The summed E-state index contributed by atoms with van der Waals surface area (Å²) in [7, 11) is 0. The van der Waals surface area contributed by atoms with E-state index in [2.05, 4.69) is 63.8 Å². The van der Waals surface area contributed by atoms with Crippen LogP contribution in [0, 0.1) is 18.3 Å². The van der Waals surface area contributed by atoms with Crippen LogP contribution in [0.2, 0.25) is 0 Å². The molecule has 5 heteroatoms. The van der Waals surface area contributed by atoms with Gasteiger partial charge in [0.25, 0.3) is 0 Å². The minimum atomic E-state index is -0.123. The molecule has 0 saturated heterocycles. The van der Waals surface area contributed by atoms with Crippen LogP contribution in [-0.4, -0.2) is 22.1 Å². The summed E-state index contributed by atoms with van der Waals surface area (Å²) in [4.78, 5) is 8.76. The maximum atomic E-state index is 6.20. The molecule has 126 valence electrons. The number of nitrogens with two attached hydrogens (primary N) is 1. The van der Waals surface area contributed by atoms with Gasteiger partial charge in [0.15, 0.2) is 5.82 Å². The zero-order chi connectivity index (χ0) is 17.1. The predicted octanol–water partition coefficient (Wildman–Crippen LogP) is 4.03. The van der Waals surface area contributed by atoms with Gasteiger partial charge < -0.3 is 15.8 Å². The van der Waals surface area contributed by atoms with Crippen LogP contribution in [0.15, 0.2) is 0 Å². The highest BCUT2D eigenvalue weighted by Crippen LogP contribution is 2.33. The SMILES string of the molecule is Cc1nc(NC(C)(C)CC(C)(C)C)c(N)c(OCC(C)C)n1. The Morgan fingerprint density at radius 3 is 2.23 bits per heavy atom. The Bertz CT molecular complexity index is 504. The third kappa shape index (κ3) is 6.08. The van der Waals surface area contributed by atoms with E-state index >= 15 is 0 Å². The zero-order valence-electron chi connectivity index (χ0n) is 15.4. The van der Waals surface area contributed by atoms with Crippen molar-refractivity contribution < 1.29 is 4.74 Å². The Kier molecular flexibility index (Phi) is 5.65. The molecule has 0 radical (unpaired) electrons. The number of nitrogens with zero attached hydrogens (tertiary/aromatic N) is 2. The average Bonchev–Trinajstić information content (AvgIpc) is 2.27. The first kappa shape index (κ1) is 18.5. The van der Waals surface area contributed by atoms with Crippen LogP contribution in [0.5, 0.6) is 5.88 Å². The fraction of sp³-hybridized carbons (Fsp3) is 0.765. The van der Waals surface area contributed by atoms with Gasteiger partial charge in [-0.1, -0.05) is 34.6 Å². The zero-order valence-corrected chi connectivity index (χ0v) is 15.4. The van der Waals surface area contributed by atoms with Crippen molar-refractivity contribution in [2.75, 3.05) is 17.7 Å². The number of hydrogen-bond donors (Lipinski definition) is 2. The van der Waals surface area contributed by atoms with Gasteiger partial charge in [0.1, 0.15) is 11.5 Å². The fourth-order valence-electron chi connectivity index (χ4n) is 2.70. The van der Waals surface area contributed by atoms with Crippen molar-refractivity contribution in [3.8, 4) is 5.88 Å². The van der Waals surface area contributed by atoms with E-state index in [-0.39, 0.29) is 11.0 Å². The molecule has 0 amide bonds. The first-order valence-electron chi connectivity index (χ1n) is 7.95. The summed E-state index contributed by atoms with van der Waals surface area (Å²) in [6.45, 7) is 17.6. The molecule has 0 unspecified atom stereocenters. The van der Waals surface area contributed by atoms with Crippen LogP contribution < -0.4 is 15.8 Å². The van der Waals surface area contributed by atoms with E-state index in [0.29, 0.717) is 35.7 Å². The second-order valence-electron chi connectivity index (χ2n) is 8.29. The molecule has 0 aliphatic rings. The molecule has 0 spiro atoms. The topological polar surface area (TPSA) is 73.1 Å². The largest absolute Gasteiger partial charge is 0.476 e. The fourth-order valence-corrected chi connectivity index (χ4v) is 2.70. The molecule has 3 N–H and O–H groups in total. The lowest BCUT2D eigenvalue weighted by atomic mass is 9.82. The van der Waals surface area contributed by atoms with Gasteiger partial charge in [-0.15, -0.1) is 0 Å². The van der Waals surface area contributed by atoms with Crippen LogP contribution in [-0.2, 0) is 0 Å². The second kappa shape index (κ2) is 6.71. The first-order chi connectivity index (χ1) is 9.89. The number of anilines is 2. The number of aryl methyl sites for hydroxylation is 1. The minimum absolute atomic E-state index is 0.123. The van der Waals surface area contributed by atoms with E-state index in [0.717, 1.165) is 6.42 Å². The summed E-state index contributed by atoms with van der Waals surface area (Å²) in [5, 5.41) is 3.46. The molecule has 1 aromatic rings. The summed E-state index contributed by atoms with van der Waals surface area (Å²) in [5.41, 5.74) is 6.77. The Morgan fingerprint density at radius 1 is 1.14 bits per heavy atom. The standard InChI is InChI=1S/C17H32N4O/c1-11(2)9-22-15-13(18)14(19-12(3)20-15)21-17(7,8)10-16(4,5)6/h11H,9-10,18H2,1-8H3,(H,19,20,21). The molecule has 1 rings (SSSR count). The maximum absolute atomic E-state index is 6.20. The van der Waals surface area contributed by atoms with Crippen molar-refractivity contribution in [3.63, 3.8) is 0 Å². The van der Waals surface area contributed by atoms with Crippen molar-refractivity contribution in [1.82, 2.24) is 9.97 Å². The van der Waals surface area contributed by atoms with Crippen molar-refractivity contribution in [2.24, 2.45) is 11.3 Å². The van der Waals surface area contributed by atoms with Gasteiger partial charge in [0, 0.05) is 5.54 Å². The third-order valence-electron chi connectivity index (χ3n) is 3.00. The average molecular weight is 308 g/mol. The highest BCUT2D eigenvalue weighted by molar-refractivity contribution is 5.67. The smallest absolute Gasteiger partial charge is 0.242 e. The maximum Gasteiger partial charge on any atom is 0.242 e. The summed E-state index contributed by atoms with van der Waals surface area (Å²) < 4.78 is 5.72. The Balaban J connectivity index is 2.99. The van der Waals surface area contributed by atoms with Gasteiger partial charge in [-0.2, -0.15) is 4.98 Å². The predicted molar refractivity (Wildman–Crippen MR) is 93.3 cm³/mol. The molecule has 0 bridgehead atoms. The lowest BCUT2D eigenvalue weighted by Gasteiger charge is -2.34. The third-order valence-corrected chi connectivity index (χ3v) is 3.00. The summed E-state index contributed by atoms with van der Waals surface area (Å²) in [5.74, 6) is 2.20. The Hall–Kier alpha value is -1.52. The van der Waals surface area contributed by atoms with E-state index in [4.69, 9.17) is 10.5 Å². The number of nitrogens with one attached hydrogen (secondary N) is 1. The van der Waals surface area contributed by atoms with E-state index < -0.39 is 0 Å². The number of rotatable bonds is 6. The van der Waals surface area contributed by atoms with Crippen molar-refractivity contribution in [3.05, 3.63) is 5.82 Å². The van der Waals surface area contributed by atoms with Crippen LogP contribution in [0.25, 0.3) is 0 Å². The van der Waals surface area contributed by atoms with Crippen LogP contribution in [0.4, 0.5) is 11.5 Å². The quantitative estimate of drug-likeness (QED) is 0.830. The number of aromatic nitrogens is 2. The second-order valence-corrected chi connectivity index (χ2v) is 8.29. The molecule has 0 atom stereocenters. The van der Waals surface area contributed by atoms with E-state index in [1.807, 2.05) is 6.92 Å². The van der Waals surface area contributed by atoms with Crippen molar-refractivity contribution in [1.29, 1.82) is 0 Å². The summed E-state index contributed by atoms with van der Waals surface area (Å²) >= 11 is 0. The number of nitrogen functional groups attached to an aromatic ring is 1. The highest BCUT2D eigenvalue weighted by atomic mass is 16.5. The molecule has 1 heterocycles. The molecule has 0 saturated carbocycles. The molecular weight excluding hydrogens is 276 g/mol. The summed E-state index contributed by atoms with van der Waals surface area (Å²) in [6, 6.07) is 0. The van der Waals surface area contributed by atoms with Gasteiger partial charge in [-0.05, 0) is 38.5 Å². The molecule has 0 aromatic carbocycles. The number of ether oxygens (including phenoxy) is 1. The molecule has 22 heavy (non-hydrogen) atoms. The molecule has 5 nitrogen and oxygen atoms in total. The van der Waals surface area contributed by atoms with E-state index in [1.165, 1.54) is 0 Å². The van der Waals surface area contributed by atoms with Crippen LogP contribution >= 0.6 is 0 Å². The number of hydrogen-bond acceptors (Lipinski definition) is 5. The lowest BCUT2D eigenvalue weighted by molar-refractivity contribution is 0.262. The molecule has 0 aliphatic carbocycles. The molecular formula is C17H32N4O. The van der Waals surface area contributed by atoms with Gasteiger partial charge >= 0.3 is 0 Å². The molecule has 0 aliphatic heterocycles. The normalized spacial score (nSPS) is 12.6. The van der Waals surface area contributed by atoms with Gasteiger partial charge in [-0.25, -0.2) is 4.98 Å². The monoisotopic (exact) mass is 308 g/mol. The first-order valence-corrected chi connectivity index (χ1v) is 7.95. The minimum Gasteiger partial charge on any atom is -0.476 e. The van der Waals surface area contributed by atoms with E-state index in [1.54, 1.807) is 0 Å². The lowest BCUT2D eigenvalue weighted by Crippen LogP contribution is -2.36. The summed E-state index contributed by atoms with van der Waals surface area (Å²) in [6.07, 6.45) is 0.991. The van der Waals surface area contributed by atoms with Gasteiger partial charge in [-0.3, -0.25) is 0 Å². The Labute approximate surface area is 135 Å². The molecule has 1 aromatic heterocycles. The highest BCUT2D eigenvalue weighted by Gasteiger charge is 2.27. The van der Waals surface area contributed by atoms with Gasteiger partial charge in [0.2, 0.25) is 5.88 Å². The van der Waals surface area contributed by atoms with Crippen molar-refractivity contribution in [2.45, 2.75) is 67.3 Å². The van der Waals surface area contributed by atoms with Crippen LogP contribution in [0.1, 0.15) is 60.7 Å².